The molecule has 0 amide bonds. The van der Waals surface area contributed by atoms with Crippen molar-refractivity contribution < 1.29 is 9.13 Å². The topological polar surface area (TPSA) is 58.2 Å². The largest absolute Gasteiger partial charge is 0.377 e. The third-order valence-electron chi connectivity index (χ3n) is 6.59. The number of hydrogen-bond acceptors (Lipinski definition) is 4. The molecule has 0 aliphatic carbocycles. The fourth-order valence-electron chi connectivity index (χ4n) is 4.45. The molecule has 0 aliphatic rings. The van der Waals surface area contributed by atoms with Crippen LogP contribution in [0.25, 0.3) is 0 Å². The van der Waals surface area contributed by atoms with Crippen LogP contribution in [0.5, 0.6) is 0 Å². The smallest absolute Gasteiger partial charge is 0.161 e. The van der Waals surface area contributed by atoms with Crippen LogP contribution in [0.3, 0.4) is 0 Å². The standard InChI is InChI=1S/C32H30N2O2P2/c35-37(29-13-5-1-6-14-29,30-15-7-2-8-16-30)25-33-27-21-23-28(24-22-27)34-26-38(36,31-17-9-3-10-18-31)32-19-11-4-12-20-32/h1-24,33-34H,25-26H2. The summed E-state index contributed by atoms with van der Waals surface area (Å²) in [6.07, 6.45) is 0.621. The Bertz CT molecular complexity index is 1340. The highest BCUT2D eigenvalue weighted by Crippen LogP contribution is 2.44. The Morgan fingerprint density at radius 2 is 0.605 bits per heavy atom. The summed E-state index contributed by atoms with van der Waals surface area (Å²) in [4.78, 5) is 0. The number of benzene rings is 5. The molecule has 4 nitrogen and oxygen atoms in total. The maximum atomic E-state index is 14.2. The van der Waals surface area contributed by atoms with Crippen molar-refractivity contribution in [3.8, 4) is 0 Å². The van der Waals surface area contributed by atoms with Crippen LogP contribution in [0, 0.1) is 0 Å². The first-order valence-corrected chi connectivity index (χ1v) is 16.3. The Morgan fingerprint density at radius 3 is 0.842 bits per heavy atom. The van der Waals surface area contributed by atoms with Gasteiger partial charge in [-0.25, -0.2) is 0 Å². The zero-order valence-corrected chi connectivity index (χ0v) is 22.8. The van der Waals surface area contributed by atoms with Gasteiger partial charge in [-0.1, -0.05) is 121 Å². The molecule has 0 unspecified atom stereocenters. The van der Waals surface area contributed by atoms with E-state index in [1.807, 2.05) is 146 Å². The first-order valence-electron chi connectivity index (χ1n) is 12.6. The maximum Gasteiger partial charge on any atom is 0.161 e. The lowest BCUT2D eigenvalue weighted by atomic mass is 10.3. The summed E-state index contributed by atoms with van der Waals surface area (Å²) in [6.45, 7) is 0. The van der Waals surface area contributed by atoms with Crippen molar-refractivity contribution in [2.24, 2.45) is 0 Å². The van der Waals surface area contributed by atoms with Gasteiger partial charge in [0.1, 0.15) is 0 Å². The van der Waals surface area contributed by atoms with Gasteiger partial charge in [0.15, 0.2) is 14.3 Å². The van der Waals surface area contributed by atoms with Gasteiger partial charge < -0.3 is 19.8 Å². The van der Waals surface area contributed by atoms with Crippen molar-refractivity contribution in [2.75, 3.05) is 23.2 Å². The average molecular weight is 537 g/mol. The number of anilines is 2. The highest BCUT2D eigenvalue weighted by atomic mass is 31.2. The van der Waals surface area contributed by atoms with Crippen molar-refractivity contribution in [1.29, 1.82) is 0 Å². The highest BCUT2D eigenvalue weighted by Gasteiger charge is 2.28. The van der Waals surface area contributed by atoms with Crippen LogP contribution in [-0.2, 0) is 9.13 Å². The summed E-state index contributed by atoms with van der Waals surface area (Å²) in [6, 6.07) is 46.4. The lowest BCUT2D eigenvalue weighted by molar-refractivity contribution is 0.587. The van der Waals surface area contributed by atoms with Crippen molar-refractivity contribution in [2.45, 2.75) is 0 Å². The molecule has 190 valence electrons. The van der Waals surface area contributed by atoms with Crippen LogP contribution in [0.2, 0.25) is 0 Å². The molecule has 6 heteroatoms. The lowest BCUT2D eigenvalue weighted by Crippen LogP contribution is -2.22. The van der Waals surface area contributed by atoms with Gasteiger partial charge in [0, 0.05) is 32.6 Å². The summed E-state index contributed by atoms with van der Waals surface area (Å²) in [5, 5.41) is 10.1. The molecule has 0 aliphatic heterocycles. The molecule has 0 fully saturated rings. The molecule has 5 aromatic rings. The van der Waals surface area contributed by atoms with Gasteiger partial charge >= 0.3 is 0 Å². The average Bonchev–Trinajstić information content (AvgIpc) is 3.01. The Labute approximate surface area is 224 Å². The van der Waals surface area contributed by atoms with Gasteiger partial charge in [0.25, 0.3) is 0 Å². The van der Waals surface area contributed by atoms with Crippen molar-refractivity contribution in [3.05, 3.63) is 146 Å². The van der Waals surface area contributed by atoms with Crippen molar-refractivity contribution >= 4 is 46.9 Å². The predicted octanol–water partition coefficient (Wildman–Crippen LogP) is 6.45. The zero-order valence-electron chi connectivity index (χ0n) is 21.0. The van der Waals surface area contributed by atoms with Crippen LogP contribution in [-0.4, -0.2) is 12.6 Å². The first kappa shape index (κ1) is 25.8. The molecule has 38 heavy (non-hydrogen) atoms. The second-order valence-corrected chi connectivity index (χ2v) is 14.7. The molecule has 5 aromatic carbocycles. The molecule has 0 radical (unpaired) electrons. The molecule has 0 bridgehead atoms. The SMILES string of the molecule is O=P(CNc1ccc(NCP(=O)(c2ccccc2)c2ccccc2)cc1)(c1ccccc1)c1ccccc1. The van der Waals surface area contributed by atoms with E-state index in [0.717, 1.165) is 32.6 Å². The van der Waals surface area contributed by atoms with Gasteiger partial charge in [-0.15, -0.1) is 0 Å². The fourth-order valence-corrected chi connectivity index (χ4v) is 9.20. The Kier molecular flexibility index (Phi) is 7.94. The summed E-state index contributed by atoms with van der Waals surface area (Å²) in [7, 11) is -5.74. The van der Waals surface area contributed by atoms with Gasteiger partial charge in [-0.05, 0) is 24.3 Å². The van der Waals surface area contributed by atoms with Gasteiger partial charge in [0.2, 0.25) is 0 Å². The van der Waals surface area contributed by atoms with Crippen LogP contribution < -0.4 is 31.9 Å². The molecule has 2 N–H and O–H groups in total. The second kappa shape index (κ2) is 11.7. The maximum absolute atomic E-state index is 14.2. The van der Waals surface area contributed by atoms with Crippen LogP contribution in [0.4, 0.5) is 11.4 Å². The van der Waals surface area contributed by atoms with Crippen LogP contribution >= 0.6 is 14.3 Å². The molecule has 0 spiro atoms. The lowest BCUT2D eigenvalue weighted by Gasteiger charge is -2.21. The number of rotatable bonds is 10. The Hall–Kier alpha value is -3.84. The molecule has 5 rings (SSSR count). The zero-order chi connectivity index (χ0) is 26.3. The van der Waals surface area contributed by atoms with Crippen LogP contribution in [0.15, 0.2) is 146 Å². The minimum Gasteiger partial charge on any atom is -0.377 e. The minimum atomic E-state index is -2.87. The molecule has 0 aromatic heterocycles. The number of hydrogen-bond donors (Lipinski definition) is 2. The van der Waals surface area contributed by atoms with E-state index in [-0.39, 0.29) is 0 Å². The van der Waals surface area contributed by atoms with E-state index in [2.05, 4.69) is 10.6 Å². The van der Waals surface area contributed by atoms with E-state index in [1.54, 1.807) is 0 Å². The van der Waals surface area contributed by atoms with Gasteiger partial charge in [-0.2, -0.15) is 0 Å². The molecular formula is C32H30N2O2P2. The first-order chi connectivity index (χ1) is 18.6. The van der Waals surface area contributed by atoms with E-state index in [4.69, 9.17) is 0 Å². The van der Waals surface area contributed by atoms with Crippen molar-refractivity contribution in [1.82, 2.24) is 0 Å². The van der Waals surface area contributed by atoms with Crippen molar-refractivity contribution in [3.63, 3.8) is 0 Å². The van der Waals surface area contributed by atoms with E-state index in [0.29, 0.717) is 12.6 Å². The Morgan fingerprint density at radius 1 is 0.368 bits per heavy atom. The second-order valence-electron chi connectivity index (χ2n) is 9.07. The number of nitrogens with one attached hydrogen (secondary N) is 2. The Balaban J connectivity index is 1.31. The third-order valence-corrected chi connectivity index (χ3v) is 12.3. The van der Waals surface area contributed by atoms with Crippen LogP contribution in [0.1, 0.15) is 0 Å². The molecule has 0 heterocycles. The summed E-state index contributed by atoms with van der Waals surface area (Å²) < 4.78 is 28.5. The normalized spacial score (nSPS) is 11.6. The quantitative estimate of drug-likeness (QED) is 0.201. The predicted molar refractivity (Wildman–Crippen MR) is 163 cm³/mol. The van der Waals surface area contributed by atoms with Gasteiger partial charge in [-0.3, -0.25) is 0 Å². The summed E-state index contributed by atoms with van der Waals surface area (Å²) in [5.74, 6) is 0. The highest BCUT2D eigenvalue weighted by molar-refractivity contribution is 7.79. The van der Waals surface area contributed by atoms with E-state index in [1.165, 1.54) is 0 Å². The minimum absolute atomic E-state index is 0.311. The molecule has 0 atom stereocenters. The molecule has 0 saturated heterocycles. The summed E-state index contributed by atoms with van der Waals surface area (Å²) >= 11 is 0. The summed E-state index contributed by atoms with van der Waals surface area (Å²) in [5.41, 5.74) is 1.74. The monoisotopic (exact) mass is 536 g/mol. The third kappa shape index (κ3) is 5.68. The van der Waals surface area contributed by atoms with E-state index < -0.39 is 14.3 Å². The molecule has 0 saturated carbocycles. The molecular weight excluding hydrogens is 506 g/mol. The van der Waals surface area contributed by atoms with E-state index >= 15 is 0 Å². The van der Waals surface area contributed by atoms with Gasteiger partial charge in [0.05, 0.1) is 12.6 Å². The van der Waals surface area contributed by atoms with E-state index in [9.17, 15) is 9.13 Å². The fraction of sp³-hybridized carbons (Fsp3) is 0.0625.